The van der Waals surface area contributed by atoms with Crippen molar-refractivity contribution in [1.29, 1.82) is 0 Å². The van der Waals surface area contributed by atoms with Gasteiger partial charge in [0.2, 0.25) is 0 Å². The summed E-state index contributed by atoms with van der Waals surface area (Å²) in [6.07, 6.45) is 5.13. The monoisotopic (exact) mass is 236 g/mol. The summed E-state index contributed by atoms with van der Waals surface area (Å²) in [4.78, 5) is 4.14. The molecule has 2 heterocycles. The lowest BCUT2D eigenvalue weighted by Crippen LogP contribution is -2.44. The molecule has 1 saturated heterocycles. The zero-order valence-corrected chi connectivity index (χ0v) is 10.3. The SMILES string of the molecule is Cc1cncc(CNCC2(O)CCOCC2)c1. The highest BCUT2D eigenvalue weighted by molar-refractivity contribution is 5.16. The lowest BCUT2D eigenvalue weighted by Gasteiger charge is -2.32. The van der Waals surface area contributed by atoms with E-state index in [4.69, 9.17) is 4.74 Å². The van der Waals surface area contributed by atoms with E-state index in [0.29, 0.717) is 32.6 Å². The molecule has 0 saturated carbocycles. The van der Waals surface area contributed by atoms with E-state index in [1.165, 1.54) is 0 Å². The number of nitrogens with one attached hydrogen (secondary N) is 1. The van der Waals surface area contributed by atoms with Gasteiger partial charge in [-0.15, -0.1) is 0 Å². The van der Waals surface area contributed by atoms with Crippen LogP contribution in [-0.2, 0) is 11.3 Å². The number of aryl methyl sites for hydroxylation is 1. The van der Waals surface area contributed by atoms with Gasteiger partial charge in [-0.25, -0.2) is 0 Å². The number of hydrogen-bond donors (Lipinski definition) is 2. The van der Waals surface area contributed by atoms with Crippen molar-refractivity contribution in [2.75, 3.05) is 19.8 Å². The van der Waals surface area contributed by atoms with Gasteiger partial charge in [-0.1, -0.05) is 6.07 Å². The first-order valence-electron chi connectivity index (χ1n) is 6.09. The minimum atomic E-state index is -0.602. The molecule has 1 fully saturated rings. The van der Waals surface area contributed by atoms with Crippen LogP contribution < -0.4 is 5.32 Å². The lowest BCUT2D eigenvalue weighted by molar-refractivity contribution is -0.0617. The van der Waals surface area contributed by atoms with E-state index >= 15 is 0 Å². The van der Waals surface area contributed by atoms with Crippen molar-refractivity contribution in [3.05, 3.63) is 29.6 Å². The van der Waals surface area contributed by atoms with Crippen molar-refractivity contribution in [2.24, 2.45) is 0 Å². The van der Waals surface area contributed by atoms with E-state index in [9.17, 15) is 5.11 Å². The van der Waals surface area contributed by atoms with Gasteiger partial charge in [0.05, 0.1) is 5.60 Å². The summed E-state index contributed by atoms with van der Waals surface area (Å²) in [6, 6.07) is 2.11. The van der Waals surface area contributed by atoms with Gasteiger partial charge in [-0.05, 0) is 18.1 Å². The minimum Gasteiger partial charge on any atom is -0.388 e. The van der Waals surface area contributed by atoms with Crippen LogP contribution in [0.5, 0.6) is 0 Å². The van der Waals surface area contributed by atoms with E-state index in [2.05, 4.69) is 16.4 Å². The molecular weight excluding hydrogens is 216 g/mol. The molecule has 0 aromatic carbocycles. The summed E-state index contributed by atoms with van der Waals surface area (Å²) in [5.41, 5.74) is 1.71. The Hall–Kier alpha value is -0.970. The van der Waals surface area contributed by atoms with Gasteiger partial charge >= 0.3 is 0 Å². The second-order valence-electron chi connectivity index (χ2n) is 4.81. The molecule has 4 heteroatoms. The van der Waals surface area contributed by atoms with Crippen LogP contribution >= 0.6 is 0 Å². The topological polar surface area (TPSA) is 54.4 Å². The van der Waals surface area contributed by atoms with Gasteiger partial charge in [0.25, 0.3) is 0 Å². The summed E-state index contributed by atoms with van der Waals surface area (Å²) in [5.74, 6) is 0. The minimum absolute atomic E-state index is 0.602. The molecule has 0 unspecified atom stereocenters. The van der Waals surface area contributed by atoms with Crippen molar-refractivity contribution in [2.45, 2.75) is 31.9 Å². The Kier molecular flexibility index (Phi) is 4.10. The van der Waals surface area contributed by atoms with Crippen LogP contribution in [0.3, 0.4) is 0 Å². The predicted octanol–water partition coefficient (Wildman–Crippen LogP) is 1.02. The van der Waals surface area contributed by atoms with Crippen molar-refractivity contribution < 1.29 is 9.84 Å². The van der Waals surface area contributed by atoms with Crippen molar-refractivity contribution in [3.8, 4) is 0 Å². The summed E-state index contributed by atoms with van der Waals surface area (Å²) >= 11 is 0. The average molecular weight is 236 g/mol. The molecule has 0 aliphatic carbocycles. The zero-order chi connectivity index (χ0) is 12.1. The number of hydrogen-bond acceptors (Lipinski definition) is 4. The van der Waals surface area contributed by atoms with Gasteiger partial charge in [0.15, 0.2) is 0 Å². The van der Waals surface area contributed by atoms with Crippen LogP contribution in [0.15, 0.2) is 18.5 Å². The summed E-state index contributed by atoms with van der Waals surface area (Å²) in [5, 5.41) is 13.5. The van der Waals surface area contributed by atoms with Crippen molar-refractivity contribution in [1.82, 2.24) is 10.3 Å². The molecule has 17 heavy (non-hydrogen) atoms. The molecule has 0 radical (unpaired) electrons. The Morgan fingerprint density at radius 1 is 1.41 bits per heavy atom. The van der Waals surface area contributed by atoms with Crippen LogP contribution in [0.2, 0.25) is 0 Å². The van der Waals surface area contributed by atoms with E-state index in [0.717, 1.165) is 17.7 Å². The van der Waals surface area contributed by atoms with Crippen LogP contribution in [0.25, 0.3) is 0 Å². The number of nitrogens with zero attached hydrogens (tertiary/aromatic N) is 1. The molecule has 4 nitrogen and oxygen atoms in total. The highest BCUT2D eigenvalue weighted by atomic mass is 16.5. The Balaban J connectivity index is 1.79. The highest BCUT2D eigenvalue weighted by Gasteiger charge is 2.28. The lowest BCUT2D eigenvalue weighted by atomic mass is 9.94. The van der Waals surface area contributed by atoms with Crippen LogP contribution in [-0.4, -0.2) is 35.5 Å². The number of aromatic nitrogens is 1. The number of rotatable bonds is 4. The third-order valence-electron chi connectivity index (χ3n) is 3.14. The van der Waals surface area contributed by atoms with Crippen LogP contribution in [0.4, 0.5) is 0 Å². The van der Waals surface area contributed by atoms with E-state index < -0.39 is 5.60 Å². The molecular formula is C13H20N2O2. The second kappa shape index (κ2) is 5.58. The second-order valence-corrected chi connectivity index (χ2v) is 4.81. The first-order valence-corrected chi connectivity index (χ1v) is 6.09. The fraction of sp³-hybridized carbons (Fsp3) is 0.615. The molecule has 1 aromatic rings. The van der Waals surface area contributed by atoms with Crippen molar-refractivity contribution >= 4 is 0 Å². The highest BCUT2D eigenvalue weighted by Crippen LogP contribution is 2.19. The molecule has 94 valence electrons. The quantitative estimate of drug-likeness (QED) is 0.819. The van der Waals surface area contributed by atoms with Gasteiger partial charge in [0.1, 0.15) is 0 Å². The van der Waals surface area contributed by atoms with Crippen LogP contribution in [0, 0.1) is 6.92 Å². The number of aliphatic hydroxyl groups is 1. The molecule has 1 aliphatic rings. The maximum absolute atomic E-state index is 10.2. The van der Waals surface area contributed by atoms with E-state index in [1.54, 1.807) is 0 Å². The van der Waals surface area contributed by atoms with Gasteiger partial charge in [-0.2, -0.15) is 0 Å². The van der Waals surface area contributed by atoms with Gasteiger partial charge in [0, 0.05) is 51.5 Å². The molecule has 0 amide bonds. The average Bonchev–Trinajstić information content (AvgIpc) is 2.30. The fourth-order valence-electron chi connectivity index (χ4n) is 2.08. The molecule has 0 atom stereocenters. The third-order valence-corrected chi connectivity index (χ3v) is 3.14. The third kappa shape index (κ3) is 3.77. The Morgan fingerprint density at radius 2 is 2.18 bits per heavy atom. The Morgan fingerprint density at radius 3 is 2.88 bits per heavy atom. The summed E-state index contributed by atoms with van der Waals surface area (Å²) in [7, 11) is 0. The van der Waals surface area contributed by atoms with E-state index in [-0.39, 0.29) is 0 Å². The van der Waals surface area contributed by atoms with Gasteiger partial charge in [-0.3, -0.25) is 4.98 Å². The standard InChI is InChI=1S/C13H20N2O2/c1-11-6-12(8-14-7-11)9-15-10-13(16)2-4-17-5-3-13/h6-8,15-16H,2-5,9-10H2,1H3. The Labute approximate surface area is 102 Å². The van der Waals surface area contributed by atoms with Crippen LogP contribution in [0.1, 0.15) is 24.0 Å². The zero-order valence-electron chi connectivity index (χ0n) is 10.3. The molecule has 1 aliphatic heterocycles. The normalized spacial score (nSPS) is 19.2. The maximum Gasteiger partial charge on any atom is 0.0815 e. The smallest absolute Gasteiger partial charge is 0.0815 e. The number of pyridine rings is 1. The number of ether oxygens (including phenoxy) is 1. The van der Waals surface area contributed by atoms with Crippen molar-refractivity contribution in [3.63, 3.8) is 0 Å². The molecule has 2 N–H and O–H groups in total. The van der Waals surface area contributed by atoms with E-state index in [1.807, 2.05) is 19.3 Å². The molecule has 0 bridgehead atoms. The Bertz CT molecular complexity index is 362. The first kappa shape index (κ1) is 12.5. The molecule has 1 aromatic heterocycles. The first-order chi connectivity index (χ1) is 8.18. The summed E-state index contributed by atoms with van der Waals surface area (Å²) < 4.78 is 5.25. The maximum atomic E-state index is 10.2. The van der Waals surface area contributed by atoms with Gasteiger partial charge < -0.3 is 15.2 Å². The molecule has 2 rings (SSSR count). The fourth-order valence-corrected chi connectivity index (χ4v) is 2.08. The summed E-state index contributed by atoms with van der Waals surface area (Å²) in [6.45, 7) is 4.71. The predicted molar refractivity (Wildman–Crippen MR) is 65.7 cm³/mol. The largest absolute Gasteiger partial charge is 0.388 e. The molecule has 0 spiro atoms.